The average molecular weight is 354 g/mol. The number of aromatic nitrogens is 1. The number of carbonyl (C=O) groups excluding carboxylic acids is 1. The van der Waals surface area contributed by atoms with Crippen LogP contribution in [0.4, 0.5) is 11.5 Å². The number of benzene rings is 1. The summed E-state index contributed by atoms with van der Waals surface area (Å²) in [6.45, 7) is 0. The summed E-state index contributed by atoms with van der Waals surface area (Å²) in [6, 6.07) is 6.57. The molecule has 1 aromatic heterocycles. The van der Waals surface area contributed by atoms with Crippen molar-refractivity contribution in [2.45, 2.75) is 0 Å². The van der Waals surface area contributed by atoms with Gasteiger partial charge < -0.3 is 20.5 Å². The minimum atomic E-state index is -1.13. The molecule has 9 heteroatoms. The van der Waals surface area contributed by atoms with Crippen molar-refractivity contribution in [2.24, 2.45) is 0 Å². The van der Waals surface area contributed by atoms with Crippen LogP contribution >= 0.6 is 15.9 Å². The van der Waals surface area contributed by atoms with E-state index >= 15 is 0 Å². The molecule has 21 heavy (non-hydrogen) atoms. The summed E-state index contributed by atoms with van der Waals surface area (Å²) in [6.07, 6.45) is 0. The highest BCUT2D eigenvalue weighted by molar-refractivity contribution is 9.10. The second-order valence-corrected chi connectivity index (χ2v) is 4.82. The molecule has 2 aromatic rings. The van der Waals surface area contributed by atoms with Crippen LogP contribution in [0.15, 0.2) is 34.8 Å². The summed E-state index contributed by atoms with van der Waals surface area (Å²) in [5, 5.41) is 21.9. The third-order valence-corrected chi connectivity index (χ3v) is 3.26. The standard InChI is InChI=1S/C12H8BrN3O5/c13-7-2-1-6(12(18)19)5-9(7)15-11(17)8-3-4-10(14-8)16(20)21/h1-5,14H,(H,15,17)(H,18,19). The van der Waals surface area contributed by atoms with Crippen LogP contribution in [0.1, 0.15) is 20.8 Å². The maximum atomic E-state index is 12.0. The van der Waals surface area contributed by atoms with Crippen LogP contribution in [-0.4, -0.2) is 26.9 Å². The zero-order valence-electron chi connectivity index (χ0n) is 10.3. The number of nitrogens with zero attached hydrogens (tertiary/aromatic N) is 1. The van der Waals surface area contributed by atoms with Gasteiger partial charge in [-0.3, -0.25) is 4.79 Å². The Morgan fingerprint density at radius 3 is 2.57 bits per heavy atom. The Labute approximate surface area is 126 Å². The first-order valence-corrected chi connectivity index (χ1v) is 6.35. The van der Waals surface area contributed by atoms with E-state index in [4.69, 9.17) is 5.11 Å². The van der Waals surface area contributed by atoms with Gasteiger partial charge in [0.2, 0.25) is 0 Å². The summed E-state index contributed by atoms with van der Waals surface area (Å²) in [5.41, 5.74) is 0.248. The quantitative estimate of drug-likeness (QED) is 0.575. The molecule has 1 heterocycles. The number of rotatable bonds is 4. The van der Waals surface area contributed by atoms with Crippen LogP contribution in [-0.2, 0) is 0 Å². The number of carboxylic acids is 1. The smallest absolute Gasteiger partial charge is 0.335 e. The van der Waals surface area contributed by atoms with Crippen molar-refractivity contribution in [3.63, 3.8) is 0 Å². The monoisotopic (exact) mass is 353 g/mol. The van der Waals surface area contributed by atoms with Gasteiger partial charge >= 0.3 is 11.8 Å². The fourth-order valence-corrected chi connectivity index (χ4v) is 1.91. The molecule has 0 aliphatic rings. The molecule has 0 unspecified atom stereocenters. The Kier molecular flexibility index (Phi) is 4.03. The molecule has 8 nitrogen and oxygen atoms in total. The first-order valence-electron chi connectivity index (χ1n) is 5.56. The van der Waals surface area contributed by atoms with Gasteiger partial charge in [-0.2, -0.15) is 0 Å². The van der Waals surface area contributed by atoms with Crippen molar-refractivity contribution in [3.05, 3.63) is 56.2 Å². The number of carboxylic acid groups (broad SMARTS) is 1. The number of hydrogen-bond donors (Lipinski definition) is 3. The van der Waals surface area contributed by atoms with E-state index in [9.17, 15) is 19.7 Å². The van der Waals surface area contributed by atoms with Crippen LogP contribution in [0.2, 0.25) is 0 Å². The van der Waals surface area contributed by atoms with Crippen LogP contribution < -0.4 is 5.32 Å². The van der Waals surface area contributed by atoms with E-state index in [1.807, 2.05) is 0 Å². The van der Waals surface area contributed by atoms with Gasteiger partial charge in [0, 0.05) is 10.5 Å². The molecule has 0 aliphatic heterocycles. The molecule has 1 amide bonds. The predicted molar refractivity (Wildman–Crippen MR) is 76.5 cm³/mol. The van der Waals surface area contributed by atoms with Gasteiger partial charge in [0.25, 0.3) is 5.91 Å². The second-order valence-electron chi connectivity index (χ2n) is 3.97. The van der Waals surface area contributed by atoms with Crippen LogP contribution in [0, 0.1) is 10.1 Å². The van der Waals surface area contributed by atoms with E-state index < -0.39 is 16.8 Å². The highest BCUT2D eigenvalue weighted by Crippen LogP contribution is 2.24. The predicted octanol–water partition coefficient (Wildman–Crippen LogP) is 2.64. The first-order chi connectivity index (χ1) is 9.88. The van der Waals surface area contributed by atoms with E-state index in [1.54, 1.807) is 0 Å². The van der Waals surface area contributed by atoms with Crippen LogP contribution in [0.25, 0.3) is 0 Å². The van der Waals surface area contributed by atoms with Gasteiger partial charge in [0.05, 0.1) is 11.3 Å². The number of hydrogen-bond acceptors (Lipinski definition) is 4. The molecule has 3 N–H and O–H groups in total. The molecule has 0 spiro atoms. The van der Waals surface area contributed by atoms with Gasteiger partial charge in [-0.1, -0.05) is 0 Å². The van der Waals surface area contributed by atoms with Crippen molar-refractivity contribution in [1.82, 2.24) is 4.98 Å². The van der Waals surface area contributed by atoms with Crippen molar-refractivity contribution in [2.75, 3.05) is 5.32 Å². The molecular weight excluding hydrogens is 346 g/mol. The number of halogens is 1. The van der Waals surface area contributed by atoms with E-state index in [-0.39, 0.29) is 22.8 Å². The fraction of sp³-hybridized carbons (Fsp3) is 0. The molecule has 0 atom stereocenters. The van der Waals surface area contributed by atoms with Gasteiger partial charge in [-0.25, -0.2) is 9.78 Å². The molecule has 0 saturated carbocycles. The lowest BCUT2D eigenvalue weighted by Gasteiger charge is -2.06. The number of aromatic amines is 1. The number of nitrogens with one attached hydrogen (secondary N) is 2. The summed E-state index contributed by atoms with van der Waals surface area (Å²) in [5.74, 6) is -2.06. The summed E-state index contributed by atoms with van der Waals surface area (Å²) < 4.78 is 0.488. The minimum Gasteiger partial charge on any atom is -0.478 e. The molecule has 0 bridgehead atoms. The molecule has 0 saturated heterocycles. The average Bonchev–Trinajstić information content (AvgIpc) is 2.90. The highest BCUT2D eigenvalue weighted by atomic mass is 79.9. The molecular formula is C12H8BrN3O5. The maximum Gasteiger partial charge on any atom is 0.335 e. The van der Waals surface area contributed by atoms with E-state index in [2.05, 4.69) is 26.2 Å². The maximum absolute atomic E-state index is 12.0. The lowest BCUT2D eigenvalue weighted by atomic mass is 10.2. The highest BCUT2D eigenvalue weighted by Gasteiger charge is 2.17. The lowest BCUT2D eigenvalue weighted by Crippen LogP contribution is -2.13. The molecule has 108 valence electrons. The fourth-order valence-electron chi connectivity index (χ4n) is 1.57. The Morgan fingerprint density at radius 2 is 2.00 bits per heavy atom. The Bertz CT molecular complexity index is 740. The Hall–Kier alpha value is -2.68. The number of aromatic carboxylic acids is 1. The number of anilines is 1. The third-order valence-electron chi connectivity index (χ3n) is 2.57. The van der Waals surface area contributed by atoms with E-state index in [0.29, 0.717) is 4.47 Å². The molecule has 2 rings (SSSR count). The van der Waals surface area contributed by atoms with Crippen molar-refractivity contribution in [3.8, 4) is 0 Å². The van der Waals surface area contributed by atoms with Gasteiger partial charge in [-0.15, -0.1) is 0 Å². The molecule has 0 radical (unpaired) electrons. The summed E-state index contributed by atoms with van der Waals surface area (Å²) in [4.78, 5) is 35.1. The Balaban J connectivity index is 2.24. The van der Waals surface area contributed by atoms with Gasteiger partial charge in [-0.05, 0) is 45.1 Å². The van der Waals surface area contributed by atoms with Crippen molar-refractivity contribution in [1.29, 1.82) is 0 Å². The molecule has 0 fully saturated rings. The van der Waals surface area contributed by atoms with E-state index in [1.165, 1.54) is 24.3 Å². The number of carbonyl (C=O) groups is 2. The molecule has 1 aromatic carbocycles. The topological polar surface area (TPSA) is 125 Å². The lowest BCUT2D eigenvalue weighted by molar-refractivity contribution is -0.389. The van der Waals surface area contributed by atoms with Gasteiger partial charge in [0.15, 0.2) is 5.69 Å². The van der Waals surface area contributed by atoms with Gasteiger partial charge in [0.1, 0.15) is 0 Å². The zero-order chi connectivity index (χ0) is 15.6. The third kappa shape index (κ3) is 3.26. The van der Waals surface area contributed by atoms with E-state index in [0.717, 1.165) is 6.07 Å². The summed E-state index contributed by atoms with van der Waals surface area (Å²) in [7, 11) is 0. The second kappa shape index (κ2) is 5.75. The van der Waals surface area contributed by atoms with Crippen LogP contribution in [0.5, 0.6) is 0 Å². The minimum absolute atomic E-state index is 0.00525. The number of nitro groups is 1. The SMILES string of the molecule is O=C(O)c1ccc(Br)c(NC(=O)c2ccc([N+](=O)[O-])[nH]2)c1. The van der Waals surface area contributed by atoms with Crippen LogP contribution in [0.3, 0.4) is 0 Å². The zero-order valence-corrected chi connectivity index (χ0v) is 11.9. The largest absolute Gasteiger partial charge is 0.478 e. The molecule has 0 aliphatic carbocycles. The number of amides is 1. The van der Waals surface area contributed by atoms with Crippen molar-refractivity contribution >= 4 is 39.3 Å². The number of H-pyrrole nitrogens is 1. The van der Waals surface area contributed by atoms with Crippen molar-refractivity contribution < 1.29 is 19.6 Å². The first kappa shape index (κ1) is 14.7. The summed E-state index contributed by atoms with van der Waals surface area (Å²) >= 11 is 3.18. The Morgan fingerprint density at radius 1 is 1.29 bits per heavy atom. The normalized spacial score (nSPS) is 10.1.